The Balaban J connectivity index is 1.67. The van der Waals surface area contributed by atoms with Gasteiger partial charge in [-0.25, -0.2) is 10.4 Å². The highest BCUT2D eigenvalue weighted by atomic mass is 16.2. The van der Waals surface area contributed by atoms with Crippen molar-refractivity contribution in [3.05, 3.63) is 47.5 Å². The molecule has 2 heterocycles. The van der Waals surface area contributed by atoms with Crippen LogP contribution in [-0.2, 0) is 17.6 Å². The molecule has 1 amide bonds. The molecule has 5 heteroatoms. The lowest BCUT2D eigenvalue weighted by molar-refractivity contribution is -0.125. The van der Waals surface area contributed by atoms with Gasteiger partial charge in [0.1, 0.15) is 0 Å². The van der Waals surface area contributed by atoms with Gasteiger partial charge in [-0.1, -0.05) is 12.1 Å². The molecule has 1 aromatic carbocycles. The van der Waals surface area contributed by atoms with E-state index in [2.05, 4.69) is 32.2 Å². The largest absolute Gasteiger partial charge is 0.303 e. The van der Waals surface area contributed by atoms with Crippen LogP contribution in [0.2, 0.25) is 0 Å². The van der Waals surface area contributed by atoms with Gasteiger partial charge in [0.25, 0.3) is 5.91 Å². The molecule has 1 aliphatic carbocycles. The summed E-state index contributed by atoms with van der Waals surface area (Å²) >= 11 is 0. The molecule has 0 radical (unpaired) electrons. The van der Waals surface area contributed by atoms with Crippen molar-refractivity contribution < 1.29 is 4.79 Å². The second-order valence-electron chi connectivity index (χ2n) is 6.79. The maximum absolute atomic E-state index is 11.9. The Bertz CT molecular complexity index is 799. The van der Waals surface area contributed by atoms with Gasteiger partial charge >= 0.3 is 0 Å². The summed E-state index contributed by atoms with van der Waals surface area (Å²) in [6.45, 7) is 3.79. The number of imidazole rings is 1. The summed E-state index contributed by atoms with van der Waals surface area (Å²) in [5.74, 6) is -0.0553. The van der Waals surface area contributed by atoms with Gasteiger partial charge in [-0.2, -0.15) is 5.10 Å². The van der Waals surface area contributed by atoms with Gasteiger partial charge < -0.3 is 4.57 Å². The van der Waals surface area contributed by atoms with E-state index in [0.29, 0.717) is 0 Å². The monoisotopic (exact) mass is 308 g/mol. The van der Waals surface area contributed by atoms with Gasteiger partial charge in [-0.05, 0) is 57.2 Å². The maximum atomic E-state index is 11.9. The van der Waals surface area contributed by atoms with Crippen LogP contribution in [0.15, 0.2) is 35.7 Å². The molecule has 0 spiro atoms. The zero-order chi connectivity index (χ0) is 16.0. The van der Waals surface area contributed by atoms with Gasteiger partial charge in [0.15, 0.2) is 0 Å². The van der Waals surface area contributed by atoms with Crippen molar-refractivity contribution in [2.45, 2.75) is 39.5 Å². The second-order valence-corrected chi connectivity index (χ2v) is 6.79. The number of benzene rings is 1. The van der Waals surface area contributed by atoms with Gasteiger partial charge in [-0.3, -0.25) is 4.79 Å². The standard InChI is InChI=1S/C18H20N4O/c1-18(2)16(20-21-17(18)23)12-7-9-13(10-8-12)22-11-19-14-5-3-4-6-15(14)22/h7-11H,3-6H2,1-2H3,(H,21,23). The topological polar surface area (TPSA) is 59.3 Å². The Morgan fingerprint density at radius 1 is 1.13 bits per heavy atom. The van der Waals surface area contributed by atoms with Crippen molar-refractivity contribution in [2.75, 3.05) is 0 Å². The van der Waals surface area contributed by atoms with Gasteiger partial charge in [0.05, 0.1) is 23.1 Å². The van der Waals surface area contributed by atoms with Gasteiger partial charge in [0, 0.05) is 11.4 Å². The lowest BCUT2D eigenvalue weighted by atomic mass is 9.84. The number of aromatic nitrogens is 2. The molecule has 0 atom stereocenters. The van der Waals surface area contributed by atoms with Crippen molar-refractivity contribution in [1.29, 1.82) is 0 Å². The van der Waals surface area contributed by atoms with E-state index in [4.69, 9.17) is 0 Å². The van der Waals surface area contributed by atoms with Crippen LogP contribution < -0.4 is 5.43 Å². The quantitative estimate of drug-likeness (QED) is 0.927. The van der Waals surface area contributed by atoms with E-state index in [1.165, 1.54) is 24.2 Å². The van der Waals surface area contributed by atoms with E-state index in [9.17, 15) is 4.79 Å². The van der Waals surface area contributed by atoms with Crippen LogP contribution in [0.5, 0.6) is 0 Å². The molecule has 23 heavy (non-hydrogen) atoms. The lowest BCUT2D eigenvalue weighted by Gasteiger charge is -2.17. The molecule has 2 aliphatic rings. The van der Waals surface area contributed by atoms with Crippen LogP contribution in [0, 0.1) is 5.41 Å². The number of carbonyl (C=O) groups is 1. The molecule has 5 nitrogen and oxygen atoms in total. The number of nitrogens with zero attached hydrogens (tertiary/aromatic N) is 3. The highest BCUT2D eigenvalue weighted by molar-refractivity contribution is 6.19. The number of nitrogens with one attached hydrogen (secondary N) is 1. The summed E-state index contributed by atoms with van der Waals surface area (Å²) in [5, 5.41) is 4.20. The summed E-state index contributed by atoms with van der Waals surface area (Å²) in [5.41, 5.74) is 7.44. The summed E-state index contributed by atoms with van der Waals surface area (Å²) in [4.78, 5) is 16.4. The predicted octanol–water partition coefficient (Wildman–Crippen LogP) is 2.61. The molecule has 0 bridgehead atoms. The van der Waals surface area contributed by atoms with Crippen LogP contribution in [0.1, 0.15) is 43.6 Å². The fraction of sp³-hybridized carbons (Fsp3) is 0.389. The molecule has 2 aromatic rings. The normalized spacial score (nSPS) is 19.2. The van der Waals surface area contributed by atoms with Crippen LogP contribution in [0.3, 0.4) is 0 Å². The average molecular weight is 308 g/mol. The first-order chi connectivity index (χ1) is 11.1. The first-order valence-corrected chi connectivity index (χ1v) is 8.12. The molecule has 0 saturated heterocycles. The molecular weight excluding hydrogens is 288 g/mol. The molecule has 0 saturated carbocycles. The number of aryl methyl sites for hydroxylation is 1. The predicted molar refractivity (Wildman–Crippen MR) is 88.7 cm³/mol. The van der Waals surface area contributed by atoms with Crippen molar-refractivity contribution in [3.63, 3.8) is 0 Å². The van der Waals surface area contributed by atoms with E-state index in [1.807, 2.05) is 32.3 Å². The first kappa shape index (κ1) is 14.2. The number of fused-ring (bicyclic) bond motifs is 1. The average Bonchev–Trinajstić information content (AvgIpc) is 3.10. The van der Waals surface area contributed by atoms with Crippen LogP contribution in [-0.4, -0.2) is 21.2 Å². The molecule has 118 valence electrons. The first-order valence-electron chi connectivity index (χ1n) is 8.12. The van der Waals surface area contributed by atoms with Crippen LogP contribution >= 0.6 is 0 Å². The number of rotatable bonds is 2. The number of hydrogen-bond donors (Lipinski definition) is 1. The molecule has 1 aliphatic heterocycles. The second kappa shape index (κ2) is 5.05. The highest BCUT2D eigenvalue weighted by Crippen LogP contribution is 2.28. The van der Waals surface area contributed by atoms with Crippen LogP contribution in [0.25, 0.3) is 5.69 Å². The number of hydrogen-bond acceptors (Lipinski definition) is 3. The summed E-state index contributed by atoms with van der Waals surface area (Å²) in [6, 6.07) is 8.22. The SMILES string of the molecule is CC1(C)C(=O)NN=C1c1ccc(-n2cnc3c2CCCC3)cc1. The summed E-state index contributed by atoms with van der Waals surface area (Å²) < 4.78 is 2.18. The zero-order valence-electron chi connectivity index (χ0n) is 13.5. The minimum Gasteiger partial charge on any atom is -0.303 e. The van der Waals surface area contributed by atoms with Gasteiger partial charge in [-0.15, -0.1) is 0 Å². The Hall–Kier alpha value is -2.43. The Morgan fingerprint density at radius 3 is 2.57 bits per heavy atom. The minimum atomic E-state index is -0.588. The Morgan fingerprint density at radius 2 is 1.87 bits per heavy atom. The minimum absolute atomic E-state index is 0.0553. The number of hydrazone groups is 1. The third-order valence-corrected chi connectivity index (χ3v) is 4.88. The third-order valence-electron chi connectivity index (χ3n) is 4.88. The summed E-state index contributed by atoms with van der Waals surface area (Å²) in [6.07, 6.45) is 6.57. The maximum Gasteiger partial charge on any atom is 0.251 e. The van der Waals surface area contributed by atoms with Crippen molar-refractivity contribution in [1.82, 2.24) is 15.0 Å². The van der Waals surface area contributed by atoms with E-state index < -0.39 is 5.41 Å². The molecule has 1 aromatic heterocycles. The third kappa shape index (κ3) is 2.19. The van der Waals surface area contributed by atoms with Crippen LogP contribution in [0.4, 0.5) is 0 Å². The number of carbonyl (C=O) groups excluding carboxylic acids is 1. The summed E-state index contributed by atoms with van der Waals surface area (Å²) in [7, 11) is 0. The molecule has 4 rings (SSSR count). The van der Waals surface area contributed by atoms with Crippen molar-refractivity contribution in [2.24, 2.45) is 10.5 Å². The molecule has 0 unspecified atom stereocenters. The molecule has 0 fully saturated rings. The van der Waals surface area contributed by atoms with Crippen molar-refractivity contribution in [3.8, 4) is 5.69 Å². The molecule has 1 N–H and O–H groups in total. The zero-order valence-corrected chi connectivity index (χ0v) is 13.5. The Kier molecular flexibility index (Phi) is 3.11. The fourth-order valence-corrected chi connectivity index (χ4v) is 3.39. The van der Waals surface area contributed by atoms with E-state index in [0.717, 1.165) is 29.8 Å². The smallest absolute Gasteiger partial charge is 0.251 e. The van der Waals surface area contributed by atoms with E-state index >= 15 is 0 Å². The fourth-order valence-electron chi connectivity index (χ4n) is 3.39. The van der Waals surface area contributed by atoms with E-state index in [-0.39, 0.29) is 5.91 Å². The lowest BCUT2D eigenvalue weighted by Crippen LogP contribution is -2.32. The Labute approximate surface area is 135 Å². The van der Waals surface area contributed by atoms with Gasteiger partial charge in [0.2, 0.25) is 0 Å². The van der Waals surface area contributed by atoms with Crippen molar-refractivity contribution >= 4 is 11.6 Å². The highest BCUT2D eigenvalue weighted by Gasteiger charge is 2.39. The molecular formula is C18H20N4O. The number of amides is 1. The van der Waals surface area contributed by atoms with E-state index in [1.54, 1.807) is 0 Å².